The molecule has 1 fully saturated rings. The zero-order valence-corrected chi connectivity index (χ0v) is 23.6. The van der Waals surface area contributed by atoms with E-state index in [1.807, 2.05) is 54.3 Å². The van der Waals surface area contributed by atoms with Crippen molar-refractivity contribution in [3.8, 4) is 0 Å². The maximum atomic E-state index is 13.6. The van der Waals surface area contributed by atoms with Crippen LogP contribution < -0.4 is 15.4 Å². The fourth-order valence-corrected chi connectivity index (χ4v) is 7.37. The average molecular weight is 569 g/mol. The molecule has 0 bridgehead atoms. The minimum Gasteiger partial charge on any atom is -0.341 e. The molecule has 1 atom stereocenters. The summed E-state index contributed by atoms with van der Waals surface area (Å²) in [4.78, 5) is 28.2. The molecule has 4 aromatic rings. The Morgan fingerprint density at radius 2 is 1.56 bits per heavy atom. The Morgan fingerprint density at radius 3 is 2.37 bits per heavy atom. The molecule has 2 amide bonds. The molecule has 0 radical (unpaired) electrons. The molecule has 41 heavy (non-hydrogen) atoms. The van der Waals surface area contributed by atoms with Gasteiger partial charge in [0.1, 0.15) is 6.04 Å². The number of hydrogen-bond acceptors (Lipinski definition) is 5. The van der Waals surface area contributed by atoms with E-state index in [4.69, 9.17) is 0 Å². The maximum absolute atomic E-state index is 13.6. The highest BCUT2D eigenvalue weighted by molar-refractivity contribution is 7.89. The number of rotatable bonds is 6. The van der Waals surface area contributed by atoms with Crippen LogP contribution in [0.25, 0.3) is 10.8 Å². The number of anilines is 1. The lowest BCUT2D eigenvalue weighted by Gasteiger charge is -2.34. The Bertz CT molecular complexity index is 1750. The van der Waals surface area contributed by atoms with Gasteiger partial charge in [-0.05, 0) is 54.7 Å². The molecule has 8 nitrogen and oxygen atoms in total. The molecule has 0 saturated carbocycles. The first-order chi connectivity index (χ1) is 19.8. The van der Waals surface area contributed by atoms with Gasteiger partial charge in [0.05, 0.1) is 4.90 Å². The topological polar surface area (TPSA) is 108 Å². The number of piperidine rings is 1. The number of carbonyl (C=O) groups excluding carboxylic acids is 2. The van der Waals surface area contributed by atoms with Gasteiger partial charge in [-0.1, -0.05) is 66.7 Å². The number of nitrogens with one attached hydrogen (secondary N) is 3. The van der Waals surface area contributed by atoms with Crippen LogP contribution in [0.1, 0.15) is 45.9 Å². The summed E-state index contributed by atoms with van der Waals surface area (Å²) >= 11 is 0. The van der Waals surface area contributed by atoms with Gasteiger partial charge in [0.25, 0.3) is 5.91 Å². The predicted molar refractivity (Wildman–Crippen MR) is 159 cm³/mol. The van der Waals surface area contributed by atoms with Gasteiger partial charge in [0.15, 0.2) is 0 Å². The third kappa shape index (κ3) is 5.36. The Labute approximate surface area is 239 Å². The second kappa shape index (κ2) is 11.1. The number of sulfonamides is 1. The van der Waals surface area contributed by atoms with Gasteiger partial charge >= 0.3 is 0 Å². The highest BCUT2D eigenvalue weighted by atomic mass is 32.2. The second-order valence-corrected chi connectivity index (χ2v) is 12.3. The van der Waals surface area contributed by atoms with Crippen molar-refractivity contribution in [3.63, 3.8) is 0 Å². The molecule has 3 N–H and O–H groups in total. The predicted octanol–water partition coefficient (Wildman–Crippen LogP) is 4.51. The van der Waals surface area contributed by atoms with Crippen molar-refractivity contribution >= 4 is 38.3 Å². The van der Waals surface area contributed by atoms with E-state index in [9.17, 15) is 18.0 Å². The van der Waals surface area contributed by atoms with Crippen LogP contribution in [0.3, 0.4) is 0 Å². The highest BCUT2D eigenvalue weighted by Crippen LogP contribution is 2.31. The normalized spacial score (nSPS) is 17.4. The van der Waals surface area contributed by atoms with Crippen LogP contribution in [0.2, 0.25) is 0 Å². The number of benzene rings is 4. The van der Waals surface area contributed by atoms with Crippen LogP contribution in [0.15, 0.2) is 89.8 Å². The van der Waals surface area contributed by atoms with Crippen LogP contribution >= 0.6 is 0 Å². The van der Waals surface area contributed by atoms with Crippen LogP contribution in [0.4, 0.5) is 5.69 Å². The van der Waals surface area contributed by atoms with Crippen molar-refractivity contribution in [1.29, 1.82) is 0 Å². The van der Waals surface area contributed by atoms with Crippen LogP contribution in [-0.2, 0) is 21.4 Å². The number of likely N-dealkylation sites (tertiary alicyclic amines) is 1. The molecule has 210 valence electrons. The first kappa shape index (κ1) is 27.1. The van der Waals surface area contributed by atoms with E-state index in [0.29, 0.717) is 54.5 Å². The SMILES string of the molecule is Cc1ccccc1C(=O)Nc1cccc2c(S(=O)(=O)NC3CCN(C(=O)[C@H]4NCc5ccccc54)CC3)cccc12. The van der Waals surface area contributed by atoms with E-state index in [1.54, 1.807) is 42.5 Å². The van der Waals surface area contributed by atoms with E-state index in [2.05, 4.69) is 15.4 Å². The Morgan fingerprint density at radius 1 is 0.854 bits per heavy atom. The van der Waals surface area contributed by atoms with Crippen LogP contribution in [-0.4, -0.2) is 44.3 Å². The smallest absolute Gasteiger partial charge is 0.255 e. The van der Waals surface area contributed by atoms with Crippen LogP contribution in [0, 0.1) is 6.92 Å². The van der Waals surface area contributed by atoms with E-state index in [0.717, 1.165) is 16.7 Å². The van der Waals surface area contributed by atoms with Crippen molar-refractivity contribution in [2.75, 3.05) is 18.4 Å². The number of carbonyl (C=O) groups is 2. The summed E-state index contributed by atoms with van der Waals surface area (Å²) in [6.07, 6.45) is 1.06. The lowest BCUT2D eigenvalue weighted by molar-refractivity contribution is -0.134. The van der Waals surface area contributed by atoms with Crippen molar-refractivity contribution in [1.82, 2.24) is 14.9 Å². The summed E-state index contributed by atoms with van der Waals surface area (Å²) in [5.41, 5.74) is 4.12. The summed E-state index contributed by atoms with van der Waals surface area (Å²) in [5.74, 6) is -0.217. The summed E-state index contributed by atoms with van der Waals surface area (Å²) in [6.45, 7) is 3.51. The number of aryl methyl sites for hydroxylation is 1. The van der Waals surface area contributed by atoms with Crippen molar-refractivity contribution in [3.05, 3.63) is 107 Å². The van der Waals surface area contributed by atoms with E-state index in [1.165, 1.54) is 0 Å². The average Bonchev–Trinajstić information content (AvgIpc) is 3.41. The lowest BCUT2D eigenvalue weighted by Crippen LogP contribution is -2.48. The third-order valence-corrected chi connectivity index (χ3v) is 9.63. The van der Waals surface area contributed by atoms with Gasteiger partial charge in [0.2, 0.25) is 15.9 Å². The van der Waals surface area contributed by atoms with Gasteiger partial charge in [-0.15, -0.1) is 0 Å². The first-order valence-corrected chi connectivity index (χ1v) is 15.3. The van der Waals surface area contributed by atoms with Gasteiger partial charge in [-0.3, -0.25) is 14.9 Å². The van der Waals surface area contributed by atoms with Gasteiger partial charge in [-0.2, -0.15) is 0 Å². The molecule has 2 heterocycles. The molecule has 2 aliphatic rings. The molecule has 0 aromatic heterocycles. The van der Waals surface area contributed by atoms with E-state index >= 15 is 0 Å². The lowest BCUT2D eigenvalue weighted by atomic mass is 10.0. The molecule has 9 heteroatoms. The van der Waals surface area contributed by atoms with Crippen molar-refractivity contribution in [2.45, 2.75) is 43.3 Å². The molecule has 0 unspecified atom stereocenters. The van der Waals surface area contributed by atoms with Gasteiger partial charge in [0, 0.05) is 47.7 Å². The van der Waals surface area contributed by atoms with E-state index < -0.39 is 10.0 Å². The Kier molecular flexibility index (Phi) is 7.33. The minimum absolute atomic E-state index is 0.0329. The zero-order chi connectivity index (χ0) is 28.6. The summed E-state index contributed by atoms with van der Waals surface area (Å²) in [7, 11) is -3.86. The molecule has 0 aliphatic carbocycles. The molecular formula is C32H32N4O4S. The fourth-order valence-electron chi connectivity index (χ4n) is 5.84. The number of hydrogen-bond donors (Lipinski definition) is 3. The fraction of sp³-hybridized carbons (Fsp3) is 0.250. The van der Waals surface area contributed by atoms with Crippen LogP contribution in [0.5, 0.6) is 0 Å². The van der Waals surface area contributed by atoms with E-state index in [-0.39, 0.29) is 28.8 Å². The summed E-state index contributed by atoms with van der Waals surface area (Å²) in [6, 6.07) is 25.0. The highest BCUT2D eigenvalue weighted by Gasteiger charge is 2.34. The monoisotopic (exact) mass is 568 g/mol. The van der Waals surface area contributed by atoms with Crippen molar-refractivity contribution < 1.29 is 18.0 Å². The molecule has 0 spiro atoms. The summed E-state index contributed by atoms with van der Waals surface area (Å²) in [5, 5.41) is 7.43. The Balaban J connectivity index is 1.15. The number of nitrogens with zero attached hydrogens (tertiary/aromatic N) is 1. The maximum Gasteiger partial charge on any atom is 0.255 e. The summed E-state index contributed by atoms with van der Waals surface area (Å²) < 4.78 is 30.0. The van der Waals surface area contributed by atoms with Crippen molar-refractivity contribution in [2.24, 2.45) is 0 Å². The van der Waals surface area contributed by atoms with Gasteiger partial charge < -0.3 is 10.2 Å². The zero-order valence-electron chi connectivity index (χ0n) is 22.8. The standard InChI is InChI=1S/C32H32N4O4S/c1-21-8-2-4-10-24(21)31(37)34-28-14-6-13-27-26(28)12-7-15-29(27)41(39,40)35-23-16-18-36(19-17-23)32(38)30-25-11-5-3-9-22(25)20-33-30/h2-15,23,30,33,35H,16-20H2,1H3,(H,34,37)/t30-/m0/s1. The number of fused-ring (bicyclic) bond motifs is 2. The quantitative estimate of drug-likeness (QED) is 0.317. The largest absolute Gasteiger partial charge is 0.341 e. The molecule has 1 saturated heterocycles. The van der Waals surface area contributed by atoms with Gasteiger partial charge in [-0.25, -0.2) is 13.1 Å². The molecule has 4 aromatic carbocycles. The molecule has 6 rings (SSSR count). The Hall–Kier alpha value is -4.05. The minimum atomic E-state index is -3.86. The number of amides is 2. The molecule has 2 aliphatic heterocycles. The third-order valence-electron chi connectivity index (χ3n) is 8.05. The first-order valence-electron chi connectivity index (χ1n) is 13.8. The molecular weight excluding hydrogens is 536 g/mol. The second-order valence-electron chi connectivity index (χ2n) is 10.7.